The Kier molecular flexibility index (Phi) is 8.05. The Morgan fingerprint density at radius 2 is 2.00 bits per heavy atom. The Morgan fingerprint density at radius 3 is 2.72 bits per heavy atom. The van der Waals surface area contributed by atoms with Gasteiger partial charge in [0.1, 0.15) is 5.75 Å². The molecule has 0 saturated carbocycles. The molecule has 1 aromatic rings. The van der Waals surface area contributed by atoms with E-state index >= 15 is 0 Å². The van der Waals surface area contributed by atoms with Crippen LogP contribution in [0.15, 0.2) is 22.7 Å². The summed E-state index contributed by atoms with van der Waals surface area (Å²) in [5.41, 5.74) is 1.18. The standard InChI is InChI=1S/C14H22BrNO2/c1-12-11-13(15)5-6-14(12)18-9-4-3-7-16-8-10-17-2/h5-6,11,16H,3-4,7-10H2,1-2H3/p+1. The van der Waals surface area contributed by atoms with Gasteiger partial charge in [0.2, 0.25) is 0 Å². The predicted octanol–water partition coefficient (Wildman–Crippen LogP) is 2.13. The van der Waals surface area contributed by atoms with Crippen LogP contribution in [0.25, 0.3) is 0 Å². The van der Waals surface area contributed by atoms with Crippen molar-refractivity contribution in [2.45, 2.75) is 19.8 Å². The first kappa shape index (κ1) is 15.5. The third kappa shape index (κ3) is 6.38. The van der Waals surface area contributed by atoms with Gasteiger partial charge < -0.3 is 14.8 Å². The Morgan fingerprint density at radius 1 is 1.17 bits per heavy atom. The zero-order valence-corrected chi connectivity index (χ0v) is 12.8. The first-order valence-corrected chi connectivity index (χ1v) is 7.23. The van der Waals surface area contributed by atoms with E-state index in [2.05, 4.69) is 34.2 Å². The van der Waals surface area contributed by atoms with E-state index in [1.54, 1.807) is 7.11 Å². The van der Waals surface area contributed by atoms with E-state index < -0.39 is 0 Å². The number of hydrogen-bond acceptors (Lipinski definition) is 2. The molecule has 0 unspecified atom stereocenters. The van der Waals surface area contributed by atoms with Crippen molar-refractivity contribution in [1.29, 1.82) is 0 Å². The van der Waals surface area contributed by atoms with Crippen LogP contribution in [0, 0.1) is 6.92 Å². The first-order valence-electron chi connectivity index (χ1n) is 6.43. The number of unbranched alkanes of at least 4 members (excludes halogenated alkanes) is 1. The van der Waals surface area contributed by atoms with Gasteiger partial charge in [-0.3, -0.25) is 0 Å². The highest BCUT2D eigenvalue weighted by molar-refractivity contribution is 9.10. The van der Waals surface area contributed by atoms with Crippen molar-refractivity contribution < 1.29 is 14.8 Å². The topological polar surface area (TPSA) is 35.1 Å². The second-order valence-electron chi connectivity index (χ2n) is 4.32. The number of aryl methyl sites for hydroxylation is 1. The quantitative estimate of drug-likeness (QED) is 0.708. The summed E-state index contributed by atoms with van der Waals surface area (Å²) in [6, 6.07) is 6.11. The molecular formula is C14H23BrNO2+. The van der Waals surface area contributed by atoms with E-state index in [1.807, 2.05) is 12.1 Å². The number of halogens is 1. The van der Waals surface area contributed by atoms with Gasteiger partial charge in [0.05, 0.1) is 26.3 Å². The second-order valence-corrected chi connectivity index (χ2v) is 5.24. The van der Waals surface area contributed by atoms with Gasteiger partial charge in [-0.25, -0.2) is 0 Å². The molecule has 0 amide bonds. The number of benzene rings is 1. The monoisotopic (exact) mass is 316 g/mol. The van der Waals surface area contributed by atoms with E-state index in [1.165, 1.54) is 12.0 Å². The molecule has 0 aliphatic heterocycles. The van der Waals surface area contributed by atoms with Gasteiger partial charge >= 0.3 is 0 Å². The minimum absolute atomic E-state index is 0.792. The molecule has 0 aliphatic rings. The summed E-state index contributed by atoms with van der Waals surface area (Å²) >= 11 is 3.45. The van der Waals surface area contributed by atoms with Crippen molar-refractivity contribution in [3.63, 3.8) is 0 Å². The largest absolute Gasteiger partial charge is 0.493 e. The Balaban J connectivity index is 2.07. The van der Waals surface area contributed by atoms with Gasteiger partial charge in [-0.15, -0.1) is 0 Å². The fourth-order valence-corrected chi connectivity index (χ4v) is 2.17. The molecule has 0 atom stereocenters. The van der Waals surface area contributed by atoms with E-state index in [0.717, 1.165) is 42.9 Å². The van der Waals surface area contributed by atoms with Gasteiger partial charge in [0.25, 0.3) is 0 Å². The van der Waals surface area contributed by atoms with Gasteiger partial charge in [-0.05, 0) is 43.5 Å². The van der Waals surface area contributed by atoms with Crippen LogP contribution in [-0.2, 0) is 4.74 Å². The van der Waals surface area contributed by atoms with Crippen molar-refractivity contribution >= 4 is 15.9 Å². The lowest BCUT2D eigenvalue weighted by molar-refractivity contribution is -0.656. The maximum Gasteiger partial charge on any atom is 0.122 e. The molecule has 0 heterocycles. The maximum atomic E-state index is 5.76. The highest BCUT2D eigenvalue weighted by Crippen LogP contribution is 2.22. The minimum Gasteiger partial charge on any atom is -0.493 e. The van der Waals surface area contributed by atoms with Crippen LogP contribution in [0.4, 0.5) is 0 Å². The molecular weight excluding hydrogens is 294 g/mol. The van der Waals surface area contributed by atoms with Gasteiger partial charge in [-0.1, -0.05) is 15.9 Å². The van der Waals surface area contributed by atoms with E-state index in [0.29, 0.717) is 0 Å². The number of quaternary nitrogens is 1. The molecule has 0 fully saturated rings. The molecule has 0 radical (unpaired) electrons. The van der Waals surface area contributed by atoms with Crippen LogP contribution < -0.4 is 10.1 Å². The number of nitrogens with two attached hydrogens (primary N) is 1. The summed E-state index contributed by atoms with van der Waals surface area (Å²) in [6.07, 6.45) is 2.28. The van der Waals surface area contributed by atoms with Gasteiger partial charge in [0.15, 0.2) is 0 Å². The molecule has 0 bridgehead atoms. The average Bonchev–Trinajstić information content (AvgIpc) is 2.35. The van der Waals surface area contributed by atoms with Crippen molar-refractivity contribution in [3.05, 3.63) is 28.2 Å². The zero-order chi connectivity index (χ0) is 13.2. The Labute approximate surface area is 118 Å². The van der Waals surface area contributed by atoms with Gasteiger partial charge in [-0.2, -0.15) is 0 Å². The van der Waals surface area contributed by atoms with Gasteiger partial charge in [0, 0.05) is 11.6 Å². The summed E-state index contributed by atoms with van der Waals surface area (Å²) < 4.78 is 11.8. The van der Waals surface area contributed by atoms with Crippen molar-refractivity contribution in [2.24, 2.45) is 0 Å². The zero-order valence-electron chi connectivity index (χ0n) is 11.2. The molecule has 0 aliphatic carbocycles. The van der Waals surface area contributed by atoms with Crippen molar-refractivity contribution in [2.75, 3.05) is 33.4 Å². The fraction of sp³-hybridized carbons (Fsp3) is 0.571. The molecule has 102 valence electrons. The summed E-state index contributed by atoms with van der Waals surface area (Å²) in [6.45, 7) is 5.88. The minimum atomic E-state index is 0.792. The summed E-state index contributed by atoms with van der Waals surface area (Å²) in [7, 11) is 1.74. The molecule has 4 heteroatoms. The first-order chi connectivity index (χ1) is 8.74. The SMILES string of the molecule is COCC[NH2+]CCCCOc1ccc(Br)cc1C. The average molecular weight is 317 g/mol. The smallest absolute Gasteiger partial charge is 0.122 e. The van der Waals surface area contributed by atoms with Crippen LogP contribution in [0.3, 0.4) is 0 Å². The molecule has 0 saturated heterocycles. The van der Waals surface area contributed by atoms with Crippen LogP contribution in [-0.4, -0.2) is 33.4 Å². The summed E-state index contributed by atoms with van der Waals surface area (Å²) in [4.78, 5) is 0. The summed E-state index contributed by atoms with van der Waals surface area (Å²) in [5, 5.41) is 2.29. The maximum absolute atomic E-state index is 5.76. The number of ether oxygens (including phenoxy) is 2. The van der Waals surface area contributed by atoms with E-state index in [4.69, 9.17) is 9.47 Å². The second kappa shape index (κ2) is 9.36. The number of methoxy groups -OCH3 is 1. The van der Waals surface area contributed by atoms with Crippen LogP contribution >= 0.6 is 15.9 Å². The molecule has 3 nitrogen and oxygen atoms in total. The Bertz CT molecular complexity index is 345. The highest BCUT2D eigenvalue weighted by atomic mass is 79.9. The van der Waals surface area contributed by atoms with Crippen molar-refractivity contribution in [3.8, 4) is 5.75 Å². The Hall–Kier alpha value is -0.580. The molecule has 18 heavy (non-hydrogen) atoms. The molecule has 2 N–H and O–H groups in total. The lowest BCUT2D eigenvalue weighted by Gasteiger charge is -2.09. The highest BCUT2D eigenvalue weighted by Gasteiger charge is 2.00. The lowest BCUT2D eigenvalue weighted by atomic mass is 10.2. The summed E-state index contributed by atoms with van der Waals surface area (Å²) in [5.74, 6) is 0.988. The third-order valence-electron chi connectivity index (χ3n) is 2.72. The van der Waals surface area contributed by atoms with Crippen LogP contribution in [0.1, 0.15) is 18.4 Å². The molecule has 0 spiro atoms. The van der Waals surface area contributed by atoms with E-state index in [-0.39, 0.29) is 0 Å². The van der Waals surface area contributed by atoms with Crippen LogP contribution in [0.2, 0.25) is 0 Å². The normalized spacial score (nSPS) is 10.6. The predicted molar refractivity (Wildman–Crippen MR) is 77.1 cm³/mol. The number of rotatable bonds is 9. The molecule has 1 aromatic carbocycles. The van der Waals surface area contributed by atoms with Crippen molar-refractivity contribution in [1.82, 2.24) is 0 Å². The molecule has 1 rings (SSSR count). The fourth-order valence-electron chi connectivity index (χ4n) is 1.69. The number of hydrogen-bond donors (Lipinski definition) is 1. The third-order valence-corrected chi connectivity index (χ3v) is 3.22. The van der Waals surface area contributed by atoms with Crippen LogP contribution in [0.5, 0.6) is 5.75 Å². The molecule has 0 aromatic heterocycles. The lowest BCUT2D eigenvalue weighted by Crippen LogP contribution is -2.85. The van der Waals surface area contributed by atoms with E-state index in [9.17, 15) is 0 Å².